The quantitative estimate of drug-likeness (QED) is 0.574. The van der Waals surface area contributed by atoms with Gasteiger partial charge in [-0.05, 0) is 12.0 Å². The van der Waals surface area contributed by atoms with Gasteiger partial charge >= 0.3 is 0 Å². The van der Waals surface area contributed by atoms with E-state index in [1.54, 1.807) is 24.3 Å². The Balaban J connectivity index is 2.55. The van der Waals surface area contributed by atoms with Crippen LogP contribution in [0.15, 0.2) is 35.4 Å². The summed E-state index contributed by atoms with van der Waals surface area (Å²) >= 11 is 7.10. The molecule has 8 heteroatoms. The van der Waals surface area contributed by atoms with E-state index in [0.717, 1.165) is 11.8 Å². The number of hydrogen-bond donors (Lipinski definition) is 1. The van der Waals surface area contributed by atoms with E-state index < -0.39 is 11.2 Å². The Morgan fingerprint density at radius 1 is 1.31 bits per heavy atom. The number of thioether (sulfide) groups is 1. The summed E-state index contributed by atoms with van der Waals surface area (Å²) in [7, 11) is 0. The molecule has 0 radical (unpaired) electrons. The minimum atomic E-state index is -0.765. The number of nitriles is 2. The summed E-state index contributed by atoms with van der Waals surface area (Å²) in [6, 6.07) is 12.8. The Kier molecular flexibility index (Phi) is 6.85. The summed E-state index contributed by atoms with van der Waals surface area (Å²) in [5.74, 6) is -0.501. The van der Waals surface area contributed by atoms with Crippen molar-refractivity contribution < 1.29 is 9.53 Å². The number of carbonyl (C=O) groups is 1. The maximum Gasteiger partial charge on any atom is 0.235 e. The van der Waals surface area contributed by atoms with Gasteiger partial charge in [-0.1, -0.05) is 60.6 Å². The van der Waals surface area contributed by atoms with Gasteiger partial charge < -0.3 is 10.5 Å². The SMILES string of the molecule is CCCOc1c(C#N)c(Cl)nc(SC(C(N)=O)c2ccccc2)c1C#N. The number of nitrogens with two attached hydrogens (primary N) is 1. The van der Waals surface area contributed by atoms with E-state index in [-0.39, 0.29) is 27.1 Å². The lowest BCUT2D eigenvalue weighted by Gasteiger charge is -2.16. The standard InChI is InChI=1S/C18H15ClN4O2S/c1-2-8-25-14-12(9-20)16(19)23-18(13(14)10-21)26-15(17(22)24)11-6-4-3-5-7-11/h3-7,15H,2,8H2,1H3,(H2,22,24). The van der Waals surface area contributed by atoms with Crippen LogP contribution in [0.2, 0.25) is 5.15 Å². The molecule has 0 spiro atoms. The predicted octanol–water partition coefficient (Wildman–Crippen LogP) is 3.59. The number of aromatic nitrogens is 1. The number of primary amides is 1. The molecule has 26 heavy (non-hydrogen) atoms. The fourth-order valence-electron chi connectivity index (χ4n) is 2.18. The molecule has 0 saturated carbocycles. The molecule has 0 fully saturated rings. The average molecular weight is 387 g/mol. The first kappa shape index (κ1) is 19.6. The number of rotatable bonds is 7. The maximum atomic E-state index is 11.9. The molecule has 0 bridgehead atoms. The molecule has 6 nitrogen and oxygen atoms in total. The Hall–Kier alpha value is -2.74. The van der Waals surface area contributed by atoms with Crippen molar-refractivity contribution in [2.24, 2.45) is 5.73 Å². The van der Waals surface area contributed by atoms with Gasteiger partial charge in [0.2, 0.25) is 5.91 Å². The summed E-state index contributed by atoms with van der Waals surface area (Å²) in [6.07, 6.45) is 0.687. The Labute approximate surface area is 160 Å². The third kappa shape index (κ3) is 4.26. The lowest BCUT2D eigenvalue weighted by atomic mass is 10.1. The first-order valence-electron chi connectivity index (χ1n) is 7.70. The second-order valence-corrected chi connectivity index (χ2v) is 6.62. The van der Waals surface area contributed by atoms with Gasteiger partial charge in [0.1, 0.15) is 33.5 Å². The van der Waals surface area contributed by atoms with Crippen LogP contribution in [0.25, 0.3) is 0 Å². The van der Waals surface area contributed by atoms with E-state index in [4.69, 9.17) is 22.1 Å². The van der Waals surface area contributed by atoms with Gasteiger partial charge in [0.05, 0.1) is 6.61 Å². The van der Waals surface area contributed by atoms with Crippen molar-refractivity contribution in [2.45, 2.75) is 23.6 Å². The van der Waals surface area contributed by atoms with Gasteiger partial charge in [-0.15, -0.1) is 0 Å². The molecular weight excluding hydrogens is 372 g/mol. The molecule has 1 aromatic carbocycles. The molecule has 2 rings (SSSR count). The van der Waals surface area contributed by atoms with Crippen LogP contribution in [0.5, 0.6) is 5.75 Å². The van der Waals surface area contributed by atoms with Crippen molar-refractivity contribution in [1.82, 2.24) is 4.98 Å². The topological polar surface area (TPSA) is 113 Å². The van der Waals surface area contributed by atoms with E-state index in [1.807, 2.05) is 25.1 Å². The van der Waals surface area contributed by atoms with Crippen molar-refractivity contribution in [3.8, 4) is 17.9 Å². The van der Waals surface area contributed by atoms with E-state index in [9.17, 15) is 15.3 Å². The van der Waals surface area contributed by atoms with Crippen molar-refractivity contribution in [3.63, 3.8) is 0 Å². The van der Waals surface area contributed by atoms with Crippen LogP contribution in [-0.2, 0) is 4.79 Å². The van der Waals surface area contributed by atoms with Crippen LogP contribution < -0.4 is 10.5 Å². The molecule has 1 unspecified atom stereocenters. The zero-order valence-corrected chi connectivity index (χ0v) is 15.5. The fourth-order valence-corrected chi connectivity index (χ4v) is 3.47. The molecule has 0 aliphatic carbocycles. The summed E-state index contributed by atoms with van der Waals surface area (Å²) in [5, 5.41) is 18.2. The van der Waals surface area contributed by atoms with E-state index >= 15 is 0 Å². The van der Waals surface area contributed by atoms with Crippen molar-refractivity contribution in [1.29, 1.82) is 10.5 Å². The van der Waals surface area contributed by atoms with Crippen LogP contribution >= 0.6 is 23.4 Å². The van der Waals surface area contributed by atoms with E-state index in [0.29, 0.717) is 18.6 Å². The molecule has 2 N–H and O–H groups in total. The summed E-state index contributed by atoms with van der Waals surface area (Å²) < 4.78 is 5.57. The van der Waals surface area contributed by atoms with E-state index in [1.165, 1.54) is 0 Å². The number of amides is 1. The maximum absolute atomic E-state index is 11.9. The molecule has 2 aromatic rings. The highest BCUT2D eigenvalue weighted by Gasteiger charge is 2.26. The first-order valence-corrected chi connectivity index (χ1v) is 8.96. The molecule has 0 aliphatic heterocycles. The highest BCUT2D eigenvalue weighted by Crippen LogP contribution is 2.41. The fraction of sp³-hybridized carbons (Fsp3) is 0.222. The minimum Gasteiger partial charge on any atom is -0.491 e. The van der Waals surface area contributed by atoms with Crippen LogP contribution in [0.3, 0.4) is 0 Å². The molecule has 0 aliphatic rings. The monoisotopic (exact) mass is 386 g/mol. The highest BCUT2D eigenvalue weighted by molar-refractivity contribution is 8.00. The van der Waals surface area contributed by atoms with Gasteiger partial charge in [0.15, 0.2) is 10.9 Å². The zero-order valence-electron chi connectivity index (χ0n) is 13.9. The van der Waals surface area contributed by atoms with Gasteiger partial charge in [0, 0.05) is 0 Å². The molecule has 1 heterocycles. The predicted molar refractivity (Wildman–Crippen MR) is 98.7 cm³/mol. The van der Waals surface area contributed by atoms with Gasteiger partial charge in [-0.2, -0.15) is 10.5 Å². The average Bonchev–Trinajstić information content (AvgIpc) is 2.64. The Morgan fingerprint density at radius 2 is 1.96 bits per heavy atom. The number of benzene rings is 1. The Bertz CT molecular complexity index is 891. The number of halogens is 1. The second-order valence-electron chi connectivity index (χ2n) is 5.17. The van der Waals surface area contributed by atoms with Crippen molar-refractivity contribution in [2.75, 3.05) is 6.61 Å². The van der Waals surface area contributed by atoms with Gasteiger partial charge in [-0.3, -0.25) is 4.79 Å². The van der Waals surface area contributed by atoms with Crippen molar-refractivity contribution in [3.05, 3.63) is 52.2 Å². The third-order valence-electron chi connectivity index (χ3n) is 3.34. The molecule has 132 valence electrons. The third-order valence-corrected chi connectivity index (χ3v) is 4.87. The minimum absolute atomic E-state index is 0.00338. The summed E-state index contributed by atoms with van der Waals surface area (Å²) in [6.45, 7) is 2.21. The van der Waals surface area contributed by atoms with Crippen LogP contribution in [0, 0.1) is 22.7 Å². The smallest absolute Gasteiger partial charge is 0.235 e. The first-order chi connectivity index (χ1) is 12.5. The van der Waals surface area contributed by atoms with Crippen LogP contribution in [0.4, 0.5) is 0 Å². The van der Waals surface area contributed by atoms with Crippen LogP contribution in [0.1, 0.15) is 35.3 Å². The summed E-state index contributed by atoms with van der Waals surface area (Å²) in [5.41, 5.74) is 6.27. The lowest BCUT2D eigenvalue weighted by Crippen LogP contribution is -2.19. The molecule has 0 saturated heterocycles. The number of carbonyl (C=O) groups excluding carboxylic acids is 1. The Morgan fingerprint density at radius 3 is 2.50 bits per heavy atom. The van der Waals surface area contributed by atoms with Crippen LogP contribution in [-0.4, -0.2) is 17.5 Å². The molecule has 1 amide bonds. The van der Waals surface area contributed by atoms with E-state index in [2.05, 4.69) is 4.98 Å². The molecule has 1 atom stereocenters. The normalized spacial score (nSPS) is 11.2. The van der Waals surface area contributed by atoms with Gasteiger partial charge in [0.25, 0.3) is 0 Å². The number of hydrogen-bond acceptors (Lipinski definition) is 6. The zero-order chi connectivity index (χ0) is 19.1. The summed E-state index contributed by atoms with van der Waals surface area (Å²) in [4.78, 5) is 16.1. The molecule has 1 aromatic heterocycles. The lowest BCUT2D eigenvalue weighted by molar-refractivity contribution is -0.117. The second kappa shape index (κ2) is 9.10. The largest absolute Gasteiger partial charge is 0.491 e. The number of pyridine rings is 1. The highest BCUT2D eigenvalue weighted by atomic mass is 35.5. The molecular formula is C18H15ClN4O2S. The number of nitrogens with zero attached hydrogens (tertiary/aromatic N) is 3. The van der Waals surface area contributed by atoms with Crippen molar-refractivity contribution >= 4 is 29.3 Å². The number of ether oxygens (including phenoxy) is 1. The van der Waals surface area contributed by atoms with Gasteiger partial charge in [-0.25, -0.2) is 4.98 Å².